The Balaban J connectivity index is 2.18. The molecule has 0 aliphatic rings. The summed E-state index contributed by atoms with van der Waals surface area (Å²) in [7, 11) is 1.85. The molecule has 2 aromatic rings. The molecule has 2 N–H and O–H groups in total. The summed E-state index contributed by atoms with van der Waals surface area (Å²) in [6, 6.07) is 7.44. The number of aryl methyl sites for hydroxylation is 1. The van der Waals surface area contributed by atoms with Crippen LogP contribution in [0.5, 0.6) is 0 Å². The number of hydrogen-bond donors (Lipinski definition) is 1. The van der Waals surface area contributed by atoms with Crippen LogP contribution in [0.1, 0.15) is 17.4 Å². The molecule has 5 heteroatoms. The lowest BCUT2D eigenvalue weighted by Crippen LogP contribution is -2.16. The summed E-state index contributed by atoms with van der Waals surface area (Å²) in [5.41, 5.74) is 7.03. The first kappa shape index (κ1) is 11.1. The Morgan fingerprint density at radius 3 is 2.81 bits per heavy atom. The first-order valence-corrected chi connectivity index (χ1v) is 5.39. The van der Waals surface area contributed by atoms with Gasteiger partial charge in [0.15, 0.2) is 0 Å². The quantitative estimate of drug-likeness (QED) is 0.883. The number of hydrogen-bond acceptors (Lipinski definition) is 3. The van der Waals surface area contributed by atoms with E-state index in [0.717, 1.165) is 11.4 Å². The molecule has 0 aliphatic heterocycles. The summed E-state index contributed by atoms with van der Waals surface area (Å²) in [6.07, 6.45) is 2.15. The predicted molar refractivity (Wildman–Crippen MR) is 63.1 cm³/mol. The molecular weight excluding hydrogens is 224 g/mol. The minimum atomic E-state index is -0.156. The lowest BCUT2D eigenvalue weighted by Gasteiger charge is -2.12. The third-order valence-electron chi connectivity index (χ3n) is 2.51. The molecule has 1 heterocycles. The van der Waals surface area contributed by atoms with Gasteiger partial charge in [-0.25, -0.2) is 4.98 Å². The lowest BCUT2D eigenvalue weighted by molar-refractivity contribution is 0.629. The number of benzene rings is 1. The Labute approximate surface area is 99.1 Å². The number of rotatable bonds is 3. The molecular formula is C11H13ClN4. The molecule has 1 aromatic carbocycles. The Morgan fingerprint density at radius 1 is 1.44 bits per heavy atom. The van der Waals surface area contributed by atoms with Crippen molar-refractivity contribution in [2.45, 2.75) is 12.5 Å². The minimum absolute atomic E-state index is 0.156. The van der Waals surface area contributed by atoms with E-state index in [1.807, 2.05) is 31.3 Å². The molecule has 0 amide bonds. The van der Waals surface area contributed by atoms with Gasteiger partial charge in [0.2, 0.25) is 0 Å². The van der Waals surface area contributed by atoms with Gasteiger partial charge in [-0.2, -0.15) is 5.10 Å². The predicted octanol–water partition coefficient (Wildman–Crippen LogP) is 1.71. The second-order valence-corrected chi connectivity index (χ2v) is 4.04. The Kier molecular flexibility index (Phi) is 3.22. The molecule has 1 unspecified atom stereocenters. The zero-order valence-corrected chi connectivity index (χ0v) is 9.72. The van der Waals surface area contributed by atoms with E-state index < -0.39 is 0 Å². The zero-order chi connectivity index (χ0) is 11.5. The highest BCUT2D eigenvalue weighted by atomic mass is 35.5. The highest BCUT2D eigenvalue weighted by molar-refractivity contribution is 6.31. The van der Waals surface area contributed by atoms with E-state index in [0.29, 0.717) is 11.4 Å². The van der Waals surface area contributed by atoms with Crippen molar-refractivity contribution < 1.29 is 0 Å². The fraction of sp³-hybridized carbons (Fsp3) is 0.273. The van der Waals surface area contributed by atoms with Crippen molar-refractivity contribution in [1.82, 2.24) is 14.8 Å². The molecule has 16 heavy (non-hydrogen) atoms. The summed E-state index contributed by atoms with van der Waals surface area (Å²) in [6.45, 7) is 0. The van der Waals surface area contributed by atoms with Crippen molar-refractivity contribution in [2.24, 2.45) is 12.8 Å². The van der Waals surface area contributed by atoms with Crippen molar-refractivity contribution in [3.8, 4) is 0 Å². The summed E-state index contributed by atoms with van der Waals surface area (Å²) in [4.78, 5) is 4.14. The van der Waals surface area contributed by atoms with Crippen LogP contribution in [-0.4, -0.2) is 14.8 Å². The van der Waals surface area contributed by atoms with Crippen LogP contribution in [0.15, 0.2) is 30.6 Å². The van der Waals surface area contributed by atoms with Crippen molar-refractivity contribution in [3.63, 3.8) is 0 Å². The molecule has 0 spiro atoms. The van der Waals surface area contributed by atoms with E-state index in [1.165, 1.54) is 6.33 Å². The fourth-order valence-electron chi connectivity index (χ4n) is 1.59. The van der Waals surface area contributed by atoms with Crippen LogP contribution < -0.4 is 5.73 Å². The van der Waals surface area contributed by atoms with Crippen LogP contribution in [-0.2, 0) is 13.5 Å². The van der Waals surface area contributed by atoms with Gasteiger partial charge in [0.05, 0.1) is 0 Å². The van der Waals surface area contributed by atoms with Gasteiger partial charge in [-0.3, -0.25) is 4.68 Å². The van der Waals surface area contributed by atoms with Crippen LogP contribution in [0, 0.1) is 0 Å². The minimum Gasteiger partial charge on any atom is -0.324 e. The third kappa shape index (κ3) is 2.23. The summed E-state index contributed by atoms with van der Waals surface area (Å²) in [5.74, 6) is 0.854. The van der Waals surface area contributed by atoms with Gasteiger partial charge in [-0.05, 0) is 11.6 Å². The van der Waals surface area contributed by atoms with Crippen LogP contribution in [0.4, 0.5) is 0 Å². The fourth-order valence-corrected chi connectivity index (χ4v) is 1.86. The van der Waals surface area contributed by atoms with E-state index in [1.54, 1.807) is 4.68 Å². The van der Waals surface area contributed by atoms with Gasteiger partial charge in [0.25, 0.3) is 0 Å². The second kappa shape index (κ2) is 4.63. The topological polar surface area (TPSA) is 56.7 Å². The molecule has 1 aromatic heterocycles. The molecule has 0 aliphatic carbocycles. The number of nitrogens with two attached hydrogens (primary N) is 1. The van der Waals surface area contributed by atoms with Crippen LogP contribution >= 0.6 is 11.6 Å². The molecule has 0 radical (unpaired) electrons. The molecule has 0 saturated heterocycles. The molecule has 4 nitrogen and oxygen atoms in total. The van der Waals surface area contributed by atoms with Gasteiger partial charge in [-0.1, -0.05) is 29.8 Å². The number of nitrogens with zero attached hydrogens (tertiary/aromatic N) is 3. The SMILES string of the molecule is Cn1ncnc1CC(N)c1ccccc1Cl. The van der Waals surface area contributed by atoms with Crippen molar-refractivity contribution >= 4 is 11.6 Å². The molecule has 0 saturated carbocycles. The van der Waals surface area contributed by atoms with Gasteiger partial charge in [0, 0.05) is 24.5 Å². The molecule has 0 bridgehead atoms. The Hall–Kier alpha value is -1.39. The maximum absolute atomic E-state index is 6.09. The average molecular weight is 237 g/mol. The van der Waals surface area contributed by atoms with E-state index in [2.05, 4.69) is 10.1 Å². The summed E-state index contributed by atoms with van der Waals surface area (Å²) >= 11 is 6.08. The largest absolute Gasteiger partial charge is 0.324 e. The Bertz CT molecular complexity index is 480. The van der Waals surface area contributed by atoms with E-state index >= 15 is 0 Å². The normalized spacial score (nSPS) is 12.7. The van der Waals surface area contributed by atoms with Crippen molar-refractivity contribution in [2.75, 3.05) is 0 Å². The van der Waals surface area contributed by atoms with Crippen LogP contribution in [0.3, 0.4) is 0 Å². The standard InChI is InChI=1S/C11H13ClN4/c1-16-11(14-7-15-16)6-10(13)8-4-2-3-5-9(8)12/h2-5,7,10H,6,13H2,1H3. The lowest BCUT2D eigenvalue weighted by atomic mass is 10.0. The zero-order valence-electron chi connectivity index (χ0n) is 8.97. The average Bonchev–Trinajstić information content (AvgIpc) is 2.65. The van der Waals surface area contributed by atoms with E-state index in [-0.39, 0.29) is 6.04 Å². The van der Waals surface area contributed by atoms with Gasteiger partial charge in [-0.15, -0.1) is 0 Å². The first-order chi connectivity index (χ1) is 7.68. The molecule has 2 rings (SSSR count). The molecule has 84 valence electrons. The molecule has 0 fully saturated rings. The first-order valence-electron chi connectivity index (χ1n) is 5.01. The number of aromatic nitrogens is 3. The number of halogens is 1. The maximum Gasteiger partial charge on any atom is 0.138 e. The summed E-state index contributed by atoms with van der Waals surface area (Å²) < 4.78 is 1.72. The smallest absolute Gasteiger partial charge is 0.138 e. The van der Waals surface area contributed by atoms with E-state index in [4.69, 9.17) is 17.3 Å². The Morgan fingerprint density at radius 2 is 2.19 bits per heavy atom. The monoisotopic (exact) mass is 236 g/mol. The van der Waals surface area contributed by atoms with Gasteiger partial charge in [0.1, 0.15) is 12.2 Å². The van der Waals surface area contributed by atoms with Crippen LogP contribution in [0.25, 0.3) is 0 Å². The second-order valence-electron chi connectivity index (χ2n) is 3.63. The molecule has 1 atom stereocenters. The van der Waals surface area contributed by atoms with Crippen molar-refractivity contribution in [1.29, 1.82) is 0 Å². The van der Waals surface area contributed by atoms with Crippen LogP contribution in [0.2, 0.25) is 5.02 Å². The van der Waals surface area contributed by atoms with Gasteiger partial charge < -0.3 is 5.73 Å². The highest BCUT2D eigenvalue weighted by Gasteiger charge is 2.12. The van der Waals surface area contributed by atoms with Gasteiger partial charge >= 0.3 is 0 Å². The van der Waals surface area contributed by atoms with E-state index in [9.17, 15) is 0 Å². The summed E-state index contributed by atoms with van der Waals surface area (Å²) in [5, 5.41) is 4.69. The maximum atomic E-state index is 6.09. The highest BCUT2D eigenvalue weighted by Crippen LogP contribution is 2.22. The third-order valence-corrected chi connectivity index (χ3v) is 2.86. The van der Waals surface area contributed by atoms with Crippen molar-refractivity contribution in [3.05, 3.63) is 47.0 Å².